The fourth-order valence-electron chi connectivity index (χ4n) is 2.76. The quantitative estimate of drug-likeness (QED) is 0.549. The van der Waals surface area contributed by atoms with Gasteiger partial charge in [0.05, 0.1) is 0 Å². The first kappa shape index (κ1) is 19.3. The molecule has 0 bridgehead atoms. The molecular formula is C14H25F3N4O2S. The van der Waals surface area contributed by atoms with E-state index in [4.69, 9.17) is 0 Å². The maximum absolute atomic E-state index is 12.5. The first-order valence-corrected chi connectivity index (χ1v) is 9.69. The molecule has 0 amide bonds. The number of aliphatic imine (C=N–C) groups is 1. The molecule has 0 unspecified atom stereocenters. The molecular weight excluding hydrogens is 345 g/mol. The van der Waals surface area contributed by atoms with Gasteiger partial charge in [0.2, 0.25) is 0 Å². The number of rotatable bonds is 6. The molecule has 10 heteroatoms. The summed E-state index contributed by atoms with van der Waals surface area (Å²) in [6.45, 7) is 1.24. The maximum atomic E-state index is 12.5. The van der Waals surface area contributed by atoms with Crippen LogP contribution in [-0.2, 0) is 10.0 Å². The van der Waals surface area contributed by atoms with Gasteiger partial charge in [0.25, 0.3) is 0 Å². The number of nitrogens with one attached hydrogen (secondary N) is 2. The van der Waals surface area contributed by atoms with E-state index in [1.54, 1.807) is 7.05 Å². The number of alkyl halides is 3. The van der Waals surface area contributed by atoms with Crippen LogP contribution in [0, 0.1) is 11.8 Å². The highest BCUT2D eigenvalue weighted by Gasteiger charge is 2.50. The van der Waals surface area contributed by atoms with Crippen LogP contribution in [0.2, 0.25) is 0 Å². The zero-order chi connectivity index (χ0) is 17.8. The molecule has 2 rings (SSSR count). The van der Waals surface area contributed by atoms with Crippen molar-refractivity contribution in [3.05, 3.63) is 0 Å². The third-order valence-electron chi connectivity index (χ3n) is 4.53. The molecule has 1 aliphatic heterocycles. The third kappa shape index (κ3) is 5.23. The Bertz CT molecular complexity index is 539. The number of hydrogen-bond donors (Lipinski definition) is 2. The molecule has 0 atom stereocenters. The summed E-state index contributed by atoms with van der Waals surface area (Å²) in [5.41, 5.74) is -5.22. The van der Waals surface area contributed by atoms with E-state index in [2.05, 4.69) is 15.6 Å². The molecule has 2 aliphatic rings. The fourth-order valence-corrected chi connectivity index (χ4v) is 3.75. The molecule has 0 aromatic rings. The second kappa shape index (κ2) is 7.90. The summed E-state index contributed by atoms with van der Waals surface area (Å²) in [6.07, 6.45) is 4.53. The summed E-state index contributed by atoms with van der Waals surface area (Å²) in [5, 5.41) is 6.38. The van der Waals surface area contributed by atoms with E-state index in [1.165, 1.54) is 12.8 Å². The minimum atomic E-state index is -5.22. The van der Waals surface area contributed by atoms with Crippen molar-refractivity contribution in [1.82, 2.24) is 14.9 Å². The topological polar surface area (TPSA) is 73.8 Å². The standard InChI is InChI=1S/C14H25F3N4O2S/c1-18-13(19-7-4-11-2-3-11)20-10-12-5-8-21(9-6-12)24(22,23)14(15,16)17/h11-12H,2-10H2,1H3,(H2,18,19,20). The summed E-state index contributed by atoms with van der Waals surface area (Å²) in [6, 6.07) is 0. The van der Waals surface area contributed by atoms with Gasteiger partial charge in [0.15, 0.2) is 5.96 Å². The van der Waals surface area contributed by atoms with Crippen molar-refractivity contribution < 1.29 is 21.6 Å². The van der Waals surface area contributed by atoms with Crippen LogP contribution in [0.3, 0.4) is 0 Å². The molecule has 24 heavy (non-hydrogen) atoms. The van der Waals surface area contributed by atoms with Crippen LogP contribution in [0.4, 0.5) is 13.2 Å². The smallest absolute Gasteiger partial charge is 0.356 e. The normalized spacial score (nSPS) is 21.8. The highest BCUT2D eigenvalue weighted by molar-refractivity contribution is 7.90. The SMILES string of the molecule is CN=C(NCCC1CC1)NCC1CCN(S(=O)(=O)C(F)(F)F)CC1. The van der Waals surface area contributed by atoms with Crippen molar-refractivity contribution in [2.75, 3.05) is 33.2 Å². The number of piperidine rings is 1. The highest BCUT2D eigenvalue weighted by Crippen LogP contribution is 2.31. The predicted octanol–water partition coefficient (Wildman–Crippen LogP) is 1.51. The molecule has 140 valence electrons. The third-order valence-corrected chi connectivity index (χ3v) is 6.16. The van der Waals surface area contributed by atoms with Gasteiger partial charge in [0.1, 0.15) is 0 Å². The van der Waals surface area contributed by atoms with Gasteiger partial charge < -0.3 is 10.6 Å². The number of halogens is 3. The molecule has 1 aliphatic carbocycles. The Morgan fingerprint density at radius 2 is 1.75 bits per heavy atom. The van der Waals surface area contributed by atoms with Gasteiger partial charge in [-0.25, -0.2) is 8.42 Å². The lowest BCUT2D eigenvalue weighted by molar-refractivity contribution is -0.0496. The molecule has 0 aromatic heterocycles. The van der Waals surface area contributed by atoms with Crippen molar-refractivity contribution in [2.24, 2.45) is 16.8 Å². The average molecular weight is 370 g/mol. The van der Waals surface area contributed by atoms with Gasteiger partial charge in [-0.1, -0.05) is 12.8 Å². The van der Waals surface area contributed by atoms with Crippen molar-refractivity contribution in [2.45, 2.75) is 37.6 Å². The Balaban J connectivity index is 1.70. The minimum Gasteiger partial charge on any atom is -0.356 e. The van der Waals surface area contributed by atoms with Crippen LogP contribution < -0.4 is 10.6 Å². The molecule has 0 radical (unpaired) electrons. The van der Waals surface area contributed by atoms with Crippen molar-refractivity contribution in [1.29, 1.82) is 0 Å². The first-order valence-electron chi connectivity index (χ1n) is 8.25. The Kier molecular flexibility index (Phi) is 6.35. The molecule has 0 spiro atoms. The van der Waals surface area contributed by atoms with E-state index in [-0.39, 0.29) is 19.0 Å². The Morgan fingerprint density at radius 1 is 1.12 bits per heavy atom. The molecule has 6 nitrogen and oxygen atoms in total. The van der Waals surface area contributed by atoms with Gasteiger partial charge in [-0.05, 0) is 31.1 Å². The fraction of sp³-hybridized carbons (Fsp3) is 0.929. The summed E-state index contributed by atoms with van der Waals surface area (Å²) < 4.78 is 60.8. The second-order valence-corrected chi connectivity index (χ2v) is 8.33. The summed E-state index contributed by atoms with van der Waals surface area (Å²) in [7, 11) is -3.52. The van der Waals surface area contributed by atoms with Crippen molar-refractivity contribution >= 4 is 16.0 Å². The van der Waals surface area contributed by atoms with E-state index >= 15 is 0 Å². The van der Waals surface area contributed by atoms with Crippen LogP contribution >= 0.6 is 0 Å². The molecule has 0 aromatic carbocycles. The average Bonchev–Trinajstić information content (AvgIpc) is 3.34. The van der Waals surface area contributed by atoms with Crippen molar-refractivity contribution in [3.63, 3.8) is 0 Å². The van der Waals surface area contributed by atoms with Gasteiger partial charge in [-0.15, -0.1) is 0 Å². The maximum Gasteiger partial charge on any atom is 0.511 e. The molecule has 1 heterocycles. The first-order chi connectivity index (χ1) is 11.2. The van der Waals surface area contributed by atoms with Crippen LogP contribution in [0.25, 0.3) is 0 Å². The minimum absolute atomic E-state index is 0.0953. The molecule has 2 N–H and O–H groups in total. The Labute approximate surface area is 140 Å². The van der Waals surface area contributed by atoms with Crippen LogP contribution in [0.1, 0.15) is 32.1 Å². The zero-order valence-electron chi connectivity index (χ0n) is 13.8. The van der Waals surface area contributed by atoms with Crippen LogP contribution in [-0.4, -0.2) is 57.4 Å². The van der Waals surface area contributed by atoms with Crippen molar-refractivity contribution in [3.8, 4) is 0 Å². The number of sulfonamides is 1. The van der Waals surface area contributed by atoms with E-state index < -0.39 is 15.5 Å². The lowest BCUT2D eigenvalue weighted by Gasteiger charge is -2.31. The number of hydrogen-bond acceptors (Lipinski definition) is 3. The molecule has 1 saturated carbocycles. The Morgan fingerprint density at radius 3 is 2.25 bits per heavy atom. The van der Waals surface area contributed by atoms with Gasteiger partial charge >= 0.3 is 15.5 Å². The molecule has 2 fully saturated rings. The highest BCUT2D eigenvalue weighted by atomic mass is 32.2. The summed E-state index contributed by atoms with van der Waals surface area (Å²) >= 11 is 0. The van der Waals surface area contributed by atoms with E-state index in [0.717, 1.165) is 18.9 Å². The number of nitrogens with zero attached hydrogens (tertiary/aromatic N) is 2. The van der Waals surface area contributed by atoms with Crippen LogP contribution in [0.15, 0.2) is 4.99 Å². The van der Waals surface area contributed by atoms with E-state index in [9.17, 15) is 21.6 Å². The second-order valence-electron chi connectivity index (χ2n) is 6.41. The lowest BCUT2D eigenvalue weighted by Crippen LogP contribution is -2.47. The monoisotopic (exact) mass is 370 g/mol. The predicted molar refractivity (Wildman–Crippen MR) is 86.0 cm³/mol. The van der Waals surface area contributed by atoms with Gasteiger partial charge in [-0.2, -0.15) is 17.5 Å². The zero-order valence-corrected chi connectivity index (χ0v) is 14.6. The molecule has 1 saturated heterocycles. The largest absolute Gasteiger partial charge is 0.511 e. The summed E-state index contributed by atoms with van der Waals surface area (Å²) in [5.74, 6) is 1.64. The summed E-state index contributed by atoms with van der Waals surface area (Å²) in [4.78, 5) is 4.12. The van der Waals surface area contributed by atoms with Gasteiger partial charge in [-0.3, -0.25) is 4.99 Å². The lowest BCUT2D eigenvalue weighted by atomic mass is 9.98. The van der Waals surface area contributed by atoms with E-state index in [0.29, 0.717) is 29.7 Å². The van der Waals surface area contributed by atoms with E-state index in [1.807, 2.05) is 0 Å². The van der Waals surface area contributed by atoms with Crippen LogP contribution in [0.5, 0.6) is 0 Å². The number of guanidine groups is 1. The van der Waals surface area contributed by atoms with Gasteiger partial charge in [0, 0.05) is 33.2 Å². The Hall–Kier alpha value is -1.03.